The molecule has 0 radical (unpaired) electrons. The Balaban J connectivity index is 1.50. The molecular weight excluding hydrogens is 447 g/mol. The Hall–Kier alpha value is -2.16. The third-order valence-corrected chi connectivity index (χ3v) is 7.96. The molecule has 0 spiro atoms. The summed E-state index contributed by atoms with van der Waals surface area (Å²) >= 11 is 0. The molecule has 2 aromatic rings. The van der Waals surface area contributed by atoms with E-state index in [0.717, 1.165) is 70.1 Å². The Morgan fingerprint density at radius 3 is 2.36 bits per heavy atom. The van der Waals surface area contributed by atoms with Gasteiger partial charge >= 0.3 is 5.63 Å². The lowest BCUT2D eigenvalue weighted by molar-refractivity contribution is 0.308. The lowest BCUT2D eigenvalue weighted by Gasteiger charge is -2.29. The van der Waals surface area contributed by atoms with Crippen molar-refractivity contribution in [1.29, 1.82) is 0 Å². The van der Waals surface area contributed by atoms with Crippen molar-refractivity contribution >= 4 is 10.8 Å². The molecular formula is C33H47FO2. The minimum Gasteiger partial charge on any atom is -0.427 e. The Morgan fingerprint density at radius 1 is 0.944 bits per heavy atom. The van der Waals surface area contributed by atoms with E-state index in [1.54, 1.807) is 0 Å². The Kier molecular flexibility index (Phi) is 12.5. The molecule has 1 aromatic heterocycles. The number of rotatable bonds is 16. The normalized spacial score (nSPS) is 18.3. The molecule has 0 bridgehead atoms. The van der Waals surface area contributed by atoms with Gasteiger partial charge in [0.25, 0.3) is 0 Å². The van der Waals surface area contributed by atoms with E-state index >= 15 is 4.39 Å². The summed E-state index contributed by atoms with van der Waals surface area (Å²) in [6, 6.07) is 5.73. The van der Waals surface area contributed by atoms with Crippen LogP contribution in [0.15, 0.2) is 52.2 Å². The second-order valence-corrected chi connectivity index (χ2v) is 10.8. The molecule has 2 nitrogen and oxygen atoms in total. The summed E-state index contributed by atoms with van der Waals surface area (Å²) in [5.74, 6) is 1.25. The molecule has 1 aliphatic rings. The predicted molar refractivity (Wildman–Crippen MR) is 151 cm³/mol. The van der Waals surface area contributed by atoms with Crippen molar-refractivity contribution in [2.45, 2.75) is 122 Å². The smallest absolute Gasteiger partial charge is 0.346 e. The van der Waals surface area contributed by atoms with Crippen molar-refractivity contribution in [1.82, 2.24) is 0 Å². The maximum atomic E-state index is 15.5. The van der Waals surface area contributed by atoms with Gasteiger partial charge in [0.05, 0.1) is 0 Å². The first-order valence-electron chi connectivity index (χ1n) is 14.6. The third-order valence-electron chi connectivity index (χ3n) is 7.96. The molecule has 1 aromatic carbocycles. The van der Waals surface area contributed by atoms with Crippen molar-refractivity contribution < 1.29 is 8.81 Å². The first-order chi connectivity index (χ1) is 17.6. The summed E-state index contributed by atoms with van der Waals surface area (Å²) in [5.41, 5.74) is 0.187. The van der Waals surface area contributed by atoms with E-state index in [-0.39, 0.29) is 17.1 Å². The molecule has 0 N–H and O–H groups in total. The van der Waals surface area contributed by atoms with Gasteiger partial charge in [0.2, 0.25) is 0 Å². The van der Waals surface area contributed by atoms with Gasteiger partial charge in [-0.25, -0.2) is 9.18 Å². The zero-order chi connectivity index (χ0) is 25.6. The van der Waals surface area contributed by atoms with E-state index in [0.29, 0.717) is 16.7 Å². The van der Waals surface area contributed by atoms with Gasteiger partial charge in [0.1, 0.15) is 17.0 Å². The first kappa shape index (κ1) is 28.4. The molecule has 0 unspecified atom stereocenters. The van der Waals surface area contributed by atoms with Gasteiger partial charge in [-0.2, -0.15) is 0 Å². The van der Waals surface area contributed by atoms with Gasteiger partial charge in [0.15, 0.2) is 0 Å². The van der Waals surface area contributed by atoms with Crippen LogP contribution < -0.4 is 5.63 Å². The highest BCUT2D eigenvalue weighted by molar-refractivity contribution is 5.83. The van der Waals surface area contributed by atoms with E-state index in [4.69, 9.17) is 4.42 Å². The Bertz CT molecular complexity index is 1010. The average Bonchev–Trinajstić information content (AvgIpc) is 2.88. The van der Waals surface area contributed by atoms with E-state index in [2.05, 4.69) is 25.7 Å². The molecule has 0 aliphatic heterocycles. The Labute approximate surface area is 218 Å². The lowest BCUT2D eigenvalue weighted by atomic mass is 9.77. The van der Waals surface area contributed by atoms with Crippen LogP contribution in [0.5, 0.6) is 0 Å². The van der Waals surface area contributed by atoms with E-state index < -0.39 is 5.63 Å². The summed E-state index contributed by atoms with van der Waals surface area (Å²) < 4.78 is 21.1. The SMILES string of the molecule is C=CCC/C=C/CCC1CCC(c2ccc3cc(CCCCCCCCCC)oc(=O)c3c2F)CC1. The highest BCUT2D eigenvalue weighted by atomic mass is 19.1. The number of unbranched alkanes of at least 4 members (excludes halogenated alkanes) is 8. The van der Waals surface area contributed by atoms with E-state index in [9.17, 15) is 4.79 Å². The summed E-state index contributed by atoms with van der Waals surface area (Å²) in [4.78, 5) is 12.7. The van der Waals surface area contributed by atoms with E-state index in [1.165, 1.54) is 44.9 Å². The summed E-state index contributed by atoms with van der Waals surface area (Å²) in [6.45, 7) is 6.00. The fourth-order valence-corrected chi connectivity index (χ4v) is 5.72. The number of benzene rings is 1. The standard InChI is InChI=1S/C33H47FO2/c1-3-5-7-9-11-12-14-16-18-29-25-28-23-24-30(32(34)31(28)33(35)36-29)27-21-19-26(20-22-27)17-15-13-10-8-6-4-2/h4,10,13,23-27H,2-3,5-9,11-12,14-22H2,1H3/b13-10+. The zero-order valence-electron chi connectivity index (χ0n) is 22.5. The Morgan fingerprint density at radius 2 is 1.64 bits per heavy atom. The number of hydrogen-bond donors (Lipinski definition) is 0. The molecule has 3 rings (SSSR count). The zero-order valence-corrected chi connectivity index (χ0v) is 22.5. The number of halogens is 1. The quantitative estimate of drug-likeness (QED) is 0.172. The number of aryl methyl sites for hydroxylation is 1. The largest absolute Gasteiger partial charge is 0.427 e. The molecule has 0 amide bonds. The van der Waals surface area contributed by atoms with Gasteiger partial charge in [-0.1, -0.05) is 82.2 Å². The summed E-state index contributed by atoms with van der Waals surface area (Å²) in [5, 5.41) is 0.818. The van der Waals surface area contributed by atoms with Crippen LogP contribution in [-0.4, -0.2) is 0 Å². The molecule has 0 atom stereocenters. The van der Waals surface area contributed by atoms with Crippen molar-refractivity contribution in [2.24, 2.45) is 5.92 Å². The topological polar surface area (TPSA) is 30.2 Å². The minimum absolute atomic E-state index is 0.138. The van der Waals surface area contributed by atoms with Crippen LogP contribution in [0.25, 0.3) is 10.8 Å². The van der Waals surface area contributed by atoms with Crippen LogP contribution in [0.4, 0.5) is 4.39 Å². The van der Waals surface area contributed by atoms with Crippen LogP contribution >= 0.6 is 0 Å². The number of allylic oxidation sites excluding steroid dienone is 3. The van der Waals surface area contributed by atoms with Crippen LogP contribution in [0.2, 0.25) is 0 Å². The van der Waals surface area contributed by atoms with Crippen LogP contribution in [0.3, 0.4) is 0 Å². The fourth-order valence-electron chi connectivity index (χ4n) is 5.72. The highest BCUT2D eigenvalue weighted by Crippen LogP contribution is 2.39. The fraction of sp³-hybridized carbons (Fsp3) is 0.606. The molecule has 1 fully saturated rings. The third kappa shape index (κ3) is 8.75. The maximum Gasteiger partial charge on any atom is 0.346 e. The van der Waals surface area contributed by atoms with Crippen LogP contribution in [0, 0.1) is 11.7 Å². The van der Waals surface area contributed by atoms with Gasteiger partial charge in [-0.05, 0) is 86.6 Å². The van der Waals surface area contributed by atoms with Gasteiger partial charge in [0, 0.05) is 6.42 Å². The summed E-state index contributed by atoms with van der Waals surface area (Å²) in [6.07, 6.45) is 25.9. The van der Waals surface area contributed by atoms with Gasteiger partial charge in [-0.3, -0.25) is 0 Å². The number of hydrogen-bond acceptors (Lipinski definition) is 2. The van der Waals surface area contributed by atoms with Crippen molar-refractivity contribution in [3.63, 3.8) is 0 Å². The van der Waals surface area contributed by atoms with Crippen LogP contribution in [0.1, 0.15) is 127 Å². The van der Waals surface area contributed by atoms with E-state index in [1.807, 2.05) is 24.3 Å². The molecule has 1 heterocycles. The molecule has 3 heteroatoms. The van der Waals surface area contributed by atoms with Gasteiger partial charge < -0.3 is 4.42 Å². The second-order valence-electron chi connectivity index (χ2n) is 10.8. The predicted octanol–water partition coefficient (Wildman–Crippen LogP) is 10.2. The number of fused-ring (bicyclic) bond motifs is 1. The van der Waals surface area contributed by atoms with Gasteiger partial charge in [-0.15, -0.1) is 6.58 Å². The maximum absolute atomic E-state index is 15.5. The monoisotopic (exact) mass is 494 g/mol. The summed E-state index contributed by atoms with van der Waals surface area (Å²) in [7, 11) is 0. The molecule has 36 heavy (non-hydrogen) atoms. The van der Waals surface area contributed by atoms with Crippen molar-refractivity contribution in [2.75, 3.05) is 0 Å². The lowest BCUT2D eigenvalue weighted by Crippen LogP contribution is -2.15. The first-order valence-corrected chi connectivity index (χ1v) is 14.6. The van der Waals surface area contributed by atoms with Crippen molar-refractivity contribution in [3.05, 3.63) is 70.6 Å². The molecule has 0 saturated heterocycles. The second kappa shape index (κ2) is 15.8. The minimum atomic E-state index is -0.515. The molecule has 1 saturated carbocycles. The van der Waals surface area contributed by atoms with Crippen LogP contribution in [-0.2, 0) is 6.42 Å². The molecule has 198 valence electrons. The highest BCUT2D eigenvalue weighted by Gasteiger charge is 2.25. The average molecular weight is 495 g/mol. The van der Waals surface area contributed by atoms with Crippen molar-refractivity contribution in [3.8, 4) is 0 Å². The molecule has 1 aliphatic carbocycles.